The first kappa shape index (κ1) is 15.7. The van der Waals surface area contributed by atoms with Crippen molar-refractivity contribution in [2.75, 3.05) is 20.3 Å². The molecule has 6 nitrogen and oxygen atoms in total. The molecule has 1 N–H and O–H groups in total. The molecule has 0 saturated carbocycles. The van der Waals surface area contributed by atoms with Crippen LogP contribution < -0.4 is 10.1 Å². The van der Waals surface area contributed by atoms with Crippen molar-refractivity contribution in [2.24, 2.45) is 0 Å². The average molecular weight is 294 g/mol. The molecule has 1 atom stereocenters. The second-order valence-electron chi connectivity index (χ2n) is 5.28. The zero-order valence-electron chi connectivity index (χ0n) is 12.3. The number of hydrogen-bond donors (Lipinski definition) is 1. The van der Waals surface area contributed by atoms with Crippen molar-refractivity contribution in [1.82, 2.24) is 5.32 Å². The molecule has 21 heavy (non-hydrogen) atoms. The van der Waals surface area contributed by atoms with Crippen molar-refractivity contribution in [1.29, 1.82) is 0 Å². The van der Waals surface area contributed by atoms with Crippen molar-refractivity contribution in [3.8, 4) is 5.75 Å². The lowest BCUT2D eigenvalue weighted by Gasteiger charge is -2.23. The van der Waals surface area contributed by atoms with Crippen LogP contribution in [0.3, 0.4) is 0 Å². The minimum atomic E-state index is -0.419. The Kier molecular flexibility index (Phi) is 5.95. The van der Waals surface area contributed by atoms with Crippen LogP contribution in [0.1, 0.15) is 31.2 Å². The molecule has 0 spiro atoms. The average Bonchev–Trinajstić information content (AvgIpc) is 2.52. The maximum Gasteiger partial charge on any atom is 0.273 e. The largest absolute Gasteiger partial charge is 0.496 e. The number of piperidine rings is 1. The van der Waals surface area contributed by atoms with Crippen LogP contribution in [0.4, 0.5) is 5.69 Å². The van der Waals surface area contributed by atoms with E-state index in [4.69, 9.17) is 9.47 Å². The van der Waals surface area contributed by atoms with E-state index < -0.39 is 4.92 Å². The molecular weight excluding hydrogens is 272 g/mol. The highest BCUT2D eigenvalue weighted by Crippen LogP contribution is 2.23. The fourth-order valence-corrected chi connectivity index (χ4v) is 2.54. The third-order valence-corrected chi connectivity index (χ3v) is 3.69. The fraction of sp³-hybridized carbons (Fsp3) is 0.600. The molecule has 1 aromatic carbocycles. The Labute approximate surface area is 124 Å². The van der Waals surface area contributed by atoms with Crippen LogP contribution in [-0.2, 0) is 11.3 Å². The molecule has 1 aliphatic rings. The van der Waals surface area contributed by atoms with Crippen molar-refractivity contribution in [2.45, 2.75) is 38.3 Å². The Morgan fingerprint density at radius 2 is 2.24 bits per heavy atom. The lowest BCUT2D eigenvalue weighted by atomic mass is 10.0. The third kappa shape index (κ3) is 4.99. The molecule has 2 rings (SSSR count). The van der Waals surface area contributed by atoms with Crippen LogP contribution in [-0.4, -0.2) is 31.2 Å². The first-order chi connectivity index (χ1) is 10.2. The van der Waals surface area contributed by atoms with Gasteiger partial charge in [0.2, 0.25) is 0 Å². The normalized spacial score (nSPS) is 18.4. The van der Waals surface area contributed by atoms with Gasteiger partial charge in [-0.2, -0.15) is 0 Å². The van der Waals surface area contributed by atoms with E-state index in [-0.39, 0.29) is 5.69 Å². The number of rotatable bonds is 7. The Hall–Kier alpha value is -1.66. The first-order valence-electron chi connectivity index (χ1n) is 7.32. The van der Waals surface area contributed by atoms with Gasteiger partial charge in [0.1, 0.15) is 5.75 Å². The minimum absolute atomic E-state index is 0.0295. The standard InChI is InChI=1S/C15H22N2O4/c1-20-15-9-12(8-14(10-15)17(18)19)11-21-7-5-13-4-2-3-6-16-13/h8-10,13,16H,2-7,11H2,1H3. The number of benzene rings is 1. The van der Waals surface area contributed by atoms with Crippen LogP contribution >= 0.6 is 0 Å². The SMILES string of the molecule is COc1cc(COCCC2CCCCN2)cc([N+](=O)[O-])c1. The Morgan fingerprint density at radius 3 is 2.90 bits per heavy atom. The number of nitrogens with one attached hydrogen (secondary N) is 1. The van der Waals surface area contributed by atoms with E-state index in [1.54, 1.807) is 6.07 Å². The van der Waals surface area contributed by atoms with Gasteiger partial charge in [-0.3, -0.25) is 10.1 Å². The molecule has 6 heteroatoms. The van der Waals surface area contributed by atoms with Gasteiger partial charge in [0.25, 0.3) is 5.69 Å². The molecule has 1 unspecified atom stereocenters. The molecule has 1 fully saturated rings. The van der Waals surface area contributed by atoms with E-state index in [0.717, 1.165) is 18.5 Å². The van der Waals surface area contributed by atoms with E-state index >= 15 is 0 Å². The number of nitrogens with zero attached hydrogens (tertiary/aromatic N) is 1. The fourth-order valence-electron chi connectivity index (χ4n) is 2.54. The Morgan fingerprint density at radius 1 is 1.38 bits per heavy atom. The summed E-state index contributed by atoms with van der Waals surface area (Å²) in [7, 11) is 1.50. The van der Waals surface area contributed by atoms with Gasteiger partial charge >= 0.3 is 0 Å². The number of non-ortho nitro benzene ring substituents is 1. The molecule has 1 aromatic rings. The molecule has 0 aromatic heterocycles. The van der Waals surface area contributed by atoms with Crippen LogP contribution in [0.2, 0.25) is 0 Å². The number of nitro benzene ring substituents is 1. The highest BCUT2D eigenvalue weighted by Gasteiger charge is 2.13. The minimum Gasteiger partial charge on any atom is -0.496 e. The smallest absolute Gasteiger partial charge is 0.273 e. The lowest BCUT2D eigenvalue weighted by molar-refractivity contribution is -0.385. The van der Waals surface area contributed by atoms with Gasteiger partial charge in [-0.25, -0.2) is 0 Å². The molecule has 0 amide bonds. The Bertz CT molecular complexity index is 473. The third-order valence-electron chi connectivity index (χ3n) is 3.69. The number of nitro groups is 1. The van der Waals surface area contributed by atoms with Gasteiger partial charge < -0.3 is 14.8 Å². The number of hydrogen-bond acceptors (Lipinski definition) is 5. The number of ether oxygens (including phenoxy) is 2. The Balaban J connectivity index is 1.81. The van der Waals surface area contributed by atoms with Crippen molar-refractivity contribution in [3.63, 3.8) is 0 Å². The summed E-state index contributed by atoms with van der Waals surface area (Å²) >= 11 is 0. The van der Waals surface area contributed by atoms with Crippen LogP contribution in [0.25, 0.3) is 0 Å². The summed E-state index contributed by atoms with van der Waals surface area (Å²) in [5, 5.41) is 14.3. The summed E-state index contributed by atoms with van der Waals surface area (Å²) in [5.74, 6) is 0.483. The second kappa shape index (κ2) is 7.95. The molecule has 1 saturated heterocycles. The van der Waals surface area contributed by atoms with Crippen molar-refractivity contribution < 1.29 is 14.4 Å². The highest BCUT2D eigenvalue weighted by molar-refractivity contribution is 5.42. The van der Waals surface area contributed by atoms with E-state index in [2.05, 4.69) is 5.32 Å². The second-order valence-corrected chi connectivity index (χ2v) is 5.28. The maximum atomic E-state index is 10.9. The maximum absolute atomic E-state index is 10.9. The summed E-state index contributed by atoms with van der Waals surface area (Å²) in [5.41, 5.74) is 0.791. The molecule has 1 heterocycles. The molecular formula is C15H22N2O4. The van der Waals surface area contributed by atoms with Gasteiger partial charge in [0, 0.05) is 18.7 Å². The molecule has 1 aliphatic heterocycles. The van der Waals surface area contributed by atoms with E-state index in [1.807, 2.05) is 0 Å². The number of methoxy groups -OCH3 is 1. The molecule has 0 bridgehead atoms. The van der Waals surface area contributed by atoms with Crippen LogP contribution in [0.15, 0.2) is 18.2 Å². The summed E-state index contributed by atoms with van der Waals surface area (Å²) < 4.78 is 10.7. The summed E-state index contributed by atoms with van der Waals surface area (Å²) in [6.07, 6.45) is 4.71. The van der Waals surface area contributed by atoms with E-state index in [0.29, 0.717) is 25.0 Å². The molecule has 116 valence electrons. The summed E-state index contributed by atoms with van der Waals surface area (Å²) in [6.45, 7) is 2.11. The van der Waals surface area contributed by atoms with E-state index in [9.17, 15) is 10.1 Å². The molecule has 0 aliphatic carbocycles. The zero-order chi connectivity index (χ0) is 15.1. The zero-order valence-corrected chi connectivity index (χ0v) is 12.3. The quantitative estimate of drug-likeness (QED) is 0.475. The van der Waals surface area contributed by atoms with Gasteiger partial charge in [0.05, 0.1) is 24.7 Å². The van der Waals surface area contributed by atoms with Gasteiger partial charge in [0.15, 0.2) is 0 Å². The van der Waals surface area contributed by atoms with Crippen molar-refractivity contribution in [3.05, 3.63) is 33.9 Å². The topological polar surface area (TPSA) is 73.6 Å². The van der Waals surface area contributed by atoms with Gasteiger partial charge in [-0.15, -0.1) is 0 Å². The van der Waals surface area contributed by atoms with Crippen LogP contribution in [0, 0.1) is 10.1 Å². The van der Waals surface area contributed by atoms with Gasteiger partial charge in [-0.05, 0) is 37.4 Å². The molecule has 0 radical (unpaired) electrons. The first-order valence-corrected chi connectivity index (χ1v) is 7.32. The highest BCUT2D eigenvalue weighted by atomic mass is 16.6. The van der Waals surface area contributed by atoms with Crippen LogP contribution in [0.5, 0.6) is 5.75 Å². The monoisotopic (exact) mass is 294 g/mol. The lowest BCUT2D eigenvalue weighted by Crippen LogP contribution is -2.34. The van der Waals surface area contributed by atoms with Crippen molar-refractivity contribution >= 4 is 5.69 Å². The predicted molar refractivity (Wildman–Crippen MR) is 79.6 cm³/mol. The summed E-state index contributed by atoms with van der Waals surface area (Å²) in [6, 6.07) is 5.25. The summed E-state index contributed by atoms with van der Waals surface area (Å²) in [4.78, 5) is 10.4. The predicted octanol–water partition coefficient (Wildman–Crippen LogP) is 2.65. The van der Waals surface area contributed by atoms with E-state index in [1.165, 1.54) is 38.5 Å². The van der Waals surface area contributed by atoms with Gasteiger partial charge in [-0.1, -0.05) is 6.42 Å².